The lowest BCUT2D eigenvalue weighted by molar-refractivity contribution is -0.114. The molecule has 0 aliphatic carbocycles. The molecule has 0 fully saturated rings. The van der Waals surface area contributed by atoms with Crippen LogP contribution in [0.25, 0.3) is 0 Å². The maximum atomic E-state index is 13.2. The SMILES string of the molecule is CC(=O)Nc1ccc(S(=O)(=O)N(Cc2ccco2)c2ccc(Cl)cc2)cc1. The van der Waals surface area contributed by atoms with E-state index in [0.29, 0.717) is 22.2 Å². The second-order valence-electron chi connectivity index (χ2n) is 5.77. The van der Waals surface area contributed by atoms with Crippen molar-refractivity contribution in [3.63, 3.8) is 0 Å². The number of nitrogens with zero attached hydrogens (tertiary/aromatic N) is 1. The predicted octanol–water partition coefficient (Wildman–Crippen LogP) is 4.29. The molecule has 0 aliphatic heterocycles. The summed E-state index contributed by atoms with van der Waals surface area (Å²) in [4.78, 5) is 11.2. The summed E-state index contributed by atoms with van der Waals surface area (Å²) < 4.78 is 33.1. The number of benzene rings is 2. The van der Waals surface area contributed by atoms with Gasteiger partial charge in [-0.05, 0) is 60.7 Å². The van der Waals surface area contributed by atoms with Crippen molar-refractivity contribution in [2.75, 3.05) is 9.62 Å². The lowest BCUT2D eigenvalue weighted by atomic mass is 10.3. The van der Waals surface area contributed by atoms with Crippen LogP contribution in [0.15, 0.2) is 76.2 Å². The van der Waals surface area contributed by atoms with Gasteiger partial charge in [0.1, 0.15) is 5.76 Å². The summed E-state index contributed by atoms with van der Waals surface area (Å²) in [6, 6.07) is 15.9. The highest BCUT2D eigenvalue weighted by Gasteiger charge is 2.26. The molecule has 1 aromatic heterocycles. The highest BCUT2D eigenvalue weighted by molar-refractivity contribution is 7.92. The molecule has 0 unspecified atom stereocenters. The maximum Gasteiger partial charge on any atom is 0.264 e. The van der Waals surface area contributed by atoms with Crippen molar-refractivity contribution in [2.24, 2.45) is 0 Å². The van der Waals surface area contributed by atoms with Crippen molar-refractivity contribution in [1.82, 2.24) is 0 Å². The number of furan rings is 1. The van der Waals surface area contributed by atoms with Crippen LogP contribution in [0.4, 0.5) is 11.4 Å². The lowest BCUT2D eigenvalue weighted by Crippen LogP contribution is -2.30. The van der Waals surface area contributed by atoms with Crippen molar-refractivity contribution < 1.29 is 17.6 Å². The van der Waals surface area contributed by atoms with Gasteiger partial charge in [-0.25, -0.2) is 8.42 Å². The molecule has 0 saturated carbocycles. The molecule has 2 aromatic carbocycles. The Hall–Kier alpha value is -2.77. The first-order valence-corrected chi connectivity index (χ1v) is 9.86. The highest BCUT2D eigenvalue weighted by Crippen LogP contribution is 2.28. The summed E-state index contributed by atoms with van der Waals surface area (Å²) in [6.45, 7) is 1.42. The lowest BCUT2D eigenvalue weighted by Gasteiger charge is -2.24. The van der Waals surface area contributed by atoms with Gasteiger partial charge < -0.3 is 9.73 Å². The van der Waals surface area contributed by atoms with Crippen LogP contribution in [0.1, 0.15) is 12.7 Å². The number of rotatable bonds is 6. The molecule has 1 N–H and O–H groups in total. The van der Waals surface area contributed by atoms with E-state index >= 15 is 0 Å². The van der Waals surface area contributed by atoms with Gasteiger partial charge in [-0.3, -0.25) is 9.10 Å². The van der Waals surface area contributed by atoms with Crippen LogP contribution < -0.4 is 9.62 Å². The molecular formula is C19H17ClN2O4S. The third-order valence-corrected chi connectivity index (χ3v) is 5.80. The Labute approximate surface area is 162 Å². The van der Waals surface area contributed by atoms with E-state index < -0.39 is 10.0 Å². The van der Waals surface area contributed by atoms with E-state index in [1.54, 1.807) is 48.5 Å². The quantitative estimate of drug-likeness (QED) is 0.664. The second-order valence-corrected chi connectivity index (χ2v) is 8.07. The fraction of sp³-hybridized carbons (Fsp3) is 0.105. The molecule has 0 bridgehead atoms. The molecule has 6 nitrogen and oxygen atoms in total. The number of amides is 1. The molecule has 140 valence electrons. The number of halogens is 1. The van der Waals surface area contributed by atoms with E-state index in [-0.39, 0.29) is 17.3 Å². The van der Waals surface area contributed by atoms with Gasteiger partial charge in [-0.15, -0.1) is 0 Å². The summed E-state index contributed by atoms with van der Waals surface area (Å²) in [5.74, 6) is 0.273. The topological polar surface area (TPSA) is 79.6 Å². The third-order valence-electron chi connectivity index (χ3n) is 3.76. The number of nitrogens with one attached hydrogen (secondary N) is 1. The zero-order valence-electron chi connectivity index (χ0n) is 14.4. The van der Waals surface area contributed by atoms with Gasteiger partial charge in [0.05, 0.1) is 23.4 Å². The van der Waals surface area contributed by atoms with Crippen molar-refractivity contribution in [1.29, 1.82) is 0 Å². The van der Waals surface area contributed by atoms with E-state index in [2.05, 4.69) is 5.32 Å². The highest BCUT2D eigenvalue weighted by atomic mass is 35.5. The van der Waals surface area contributed by atoms with Crippen LogP contribution in [0.5, 0.6) is 0 Å². The molecule has 0 aliphatic rings. The van der Waals surface area contributed by atoms with Crippen LogP contribution in [-0.4, -0.2) is 14.3 Å². The van der Waals surface area contributed by atoms with Gasteiger partial charge in [-0.2, -0.15) is 0 Å². The van der Waals surface area contributed by atoms with E-state index in [1.165, 1.54) is 29.6 Å². The molecule has 3 rings (SSSR count). The fourth-order valence-electron chi connectivity index (χ4n) is 2.51. The zero-order valence-corrected chi connectivity index (χ0v) is 16.0. The Kier molecular flexibility index (Phi) is 5.53. The zero-order chi connectivity index (χ0) is 19.4. The van der Waals surface area contributed by atoms with Crippen LogP contribution in [0.2, 0.25) is 5.02 Å². The van der Waals surface area contributed by atoms with Gasteiger partial charge in [0, 0.05) is 17.6 Å². The van der Waals surface area contributed by atoms with E-state index in [1.807, 2.05) is 0 Å². The summed E-state index contributed by atoms with van der Waals surface area (Å²) in [6.07, 6.45) is 1.49. The minimum absolute atomic E-state index is 0.0322. The Morgan fingerprint density at radius 1 is 1.07 bits per heavy atom. The second kappa shape index (κ2) is 7.85. The Morgan fingerprint density at radius 3 is 2.30 bits per heavy atom. The van der Waals surface area contributed by atoms with Gasteiger partial charge >= 0.3 is 0 Å². The molecule has 27 heavy (non-hydrogen) atoms. The van der Waals surface area contributed by atoms with Crippen LogP contribution in [0, 0.1) is 0 Å². The molecule has 8 heteroatoms. The molecule has 0 radical (unpaired) electrons. The monoisotopic (exact) mass is 404 g/mol. The number of carbonyl (C=O) groups excluding carboxylic acids is 1. The van der Waals surface area contributed by atoms with Gasteiger partial charge in [0.25, 0.3) is 10.0 Å². The third kappa shape index (κ3) is 4.50. The number of hydrogen-bond acceptors (Lipinski definition) is 4. The van der Waals surface area contributed by atoms with Gasteiger partial charge in [-0.1, -0.05) is 11.6 Å². The van der Waals surface area contributed by atoms with Gasteiger partial charge in [0.2, 0.25) is 5.91 Å². The summed E-state index contributed by atoms with van der Waals surface area (Å²) in [5, 5.41) is 3.12. The number of carbonyl (C=O) groups is 1. The smallest absolute Gasteiger partial charge is 0.264 e. The first kappa shape index (κ1) is 19.0. The molecule has 0 atom stereocenters. The average molecular weight is 405 g/mol. The maximum absolute atomic E-state index is 13.2. The largest absolute Gasteiger partial charge is 0.467 e. The Bertz CT molecular complexity index is 1010. The van der Waals surface area contributed by atoms with Gasteiger partial charge in [0.15, 0.2) is 0 Å². The van der Waals surface area contributed by atoms with E-state index in [9.17, 15) is 13.2 Å². The fourth-order valence-corrected chi connectivity index (χ4v) is 4.06. The summed E-state index contributed by atoms with van der Waals surface area (Å²) in [5.41, 5.74) is 0.979. The van der Waals surface area contributed by atoms with Crippen LogP contribution in [-0.2, 0) is 21.4 Å². The molecule has 0 saturated heterocycles. The van der Waals surface area contributed by atoms with E-state index in [0.717, 1.165) is 0 Å². The summed E-state index contributed by atoms with van der Waals surface area (Å²) >= 11 is 5.93. The number of anilines is 2. The number of sulfonamides is 1. The van der Waals surface area contributed by atoms with E-state index in [4.69, 9.17) is 16.0 Å². The first-order chi connectivity index (χ1) is 12.9. The first-order valence-electron chi connectivity index (χ1n) is 8.04. The minimum Gasteiger partial charge on any atom is -0.467 e. The standard InChI is InChI=1S/C19H17ClN2O4S/c1-14(23)21-16-6-10-19(11-7-16)27(24,25)22(13-18-3-2-12-26-18)17-8-4-15(20)5-9-17/h2-12H,13H2,1H3,(H,21,23). The van der Waals surface area contributed by atoms with Crippen molar-refractivity contribution in [3.8, 4) is 0 Å². The molecule has 1 amide bonds. The van der Waals surface area contributed by atoms with Crippen molar-refractivity contribution >= 4 is 38.9 Å². The van der Waals surface area contributed by atoms with Crippen molar-refractivity contribution in [2.45, 2.75) is 18.4 Å². The molecule has 0 spiro atoms. The number of hydrogen-bond donors (Lipinski definition) is 1. The molecule has 1 heterocycles. The Morgan fingerprint density at radius 2 is 1.74 bits per heavy atom. The summed E-state index contributed by atoms with van der Waals surface area (Å²) in [7, 11) is -3.87. The van der Waals surface area contributed by atoms with Crippen LogP contribution >= 0.6 is 11.6 Å². The van der Waals surface area contributed by atoms with Crippen LogP contribution in [0.3, 0.4) is 0 Å². The molecule has 3 aromatic rings. The molecular weight excluding hydrogens is 388 g/mol. The van der Waals surface area contributed by atoms with Crippen molar-refractivity contribution in [3.05, 3.63) is 77.7 Å². The predicted molar refractivity (Wildman–Crippen MR) is 104 cm³/mol. The normalized spacial score (nSPS) is 11.2. The minimum atomic E-state index is -3.87. The Balaban J connectivity index is 1.98. The average Bonchev–Trinajstić information content (AvgIpc) is 3.14.